The fourth-order valence-electron chi connectivity index (χ4n) is 2.87. The lowest BCUT2D eigenvalue weighted by Crippen LogP contribution is -2.23. The first kappa shape index (κ1) is 19.2. The standard InChI is InChI=1S/C21H21NO4S/c1-15-5-2-3-6-19(15)27-14-21(25)26-13-18(23)16-8-10-17(11-9-16)22-12-4-7-20(22)24/h2-3,5-6,8-11H,4,7,12-14H2,1H3. The number of rotatable bonds is 7. The Kier molecular flexibility index (Phi) is 6.29. The summed E-state index contributed by atoms with van der Waals surface area (Å²) < 4.78 is 5.09. The van der Waals surface area contributed by atoms with Crippen LogP contribution in [-0.2, 0) is 14.3 Å². The second-order valence-corrected chi connectivity index (χ2v) is 7.35. The largest absolute Gasteiger partial charge is 0.457 e. The van der Waals surface area contributed by atoms with E-state index < -0.39 is 5.97 Å². The second-order valence-electron chi connectivity index (χ2n) is 6.33. The molecule has 1 aliphatic heterocycles. The summed E-state index contributed by atoms with van der Waals surface area (Å²) in [5.41, 5.74) is 2.35. The molecule has 1 fully saturated rings. The highest BCUT2D eigenvalue weighted by molar-refractivity contribution is 8.00. The van der Waals surface area contributed by atoms with Crippen LogP contribution in [0.15, 0.2) is 53.4 Å². The monoisotopic (exact) mass is 383 g/mol. The fourth-order valence-corrected chi connectivity index (χ4v) is 3.70. The number of thioether (sulfide) groups is 1. The molecule has 140 valence electrons. The van der Waals surface area contributed by atoms with Crippen molar-refractivity contribution in [2.24, 2.45) is 0 Å². The van der Waals surface area contributed by atoms with Crippen LogP contribution in [-0.4, -0.2) is 36.6 Å². The molecule has 3 rings (SSSR count). The van der Waals surface area contributed by atoms with Gasteiger partial charge in [-0.3, -0.25) is 14.4 Å². The van der Waals surface area contributed by atoms with E-state index in [2.05, 4.69) is 0 Å². The molecule has 1 saturated heterocycles. The van der Waals surface area contributed by atoms with Crippen molar-refractivity contribution in [3.8, 4) is 0 Å². The summed E-state index contributed by atoms with van der Waals surface area (Å²) in [5.74, 6) is -0.415. The zero-order chi connectivity index (χ0) is 19.2. The summed E-state index contributed by atoms with van der Waals surface area (Å²) in [4.78, 5) is 38.6. The lowest BCUT2D eigenvalue weighted by Gasteiger charge is -2.15. The minimum atomic E-state index is -0.420. The summed E-state index contributed by atoms with van der Waals surface area (Å²) in [6, 6.07) is 14.6. The maximum atomic E-state index is 12.2. The van der Waals surface area contributed by atoms with Crippen molar-refractivity contribution in [2.45, 2.75) is 24.7 Å². The number of carbonyl (C=O) groups excluding carboxylic acids is 3. The third-order valence-corrected chi connectivity index (χ3v) is 5.53. The van der Waals surface area contributed by atoms with Crippen molar-refractivity contribution in [1.82, 2.24) is 0 Å². The van der Waals surface area contributed by atoms with Gasteiger partial charge >= 0.3 is 5.97 Å². The van der Waals surface area contributed by atoms with Crippen LogP contribution in [0.25, 0.3) is 0 Å². The minimum Gasteiger partial charge on any atom is -0.457 e. The predicted octanol–water partition coefficient (Wildman–Crippen LogP) is 3.64. The second kappa shape index (κ2) is 8.86. The molecule has 6 heteroatoms. The number of esters is 1. The molecule has 0 bridgehead atoms. The summed E-state index contributed by atoms with van der Waals surface area (Å²) >= 11 is 1.40. The van der Waals surface area contributed by atoms with Crippen molar-refractivity contribution in [1.29, 1.82) is 0 Å². The number of ether oxygens (including phenoxy) is 1. The van der Waals surface area contributed by atoms with Crippen molar-refractivity contribution in [2.75, 3.05) is 23.8 Å². The molecule has 0 radical (unpaired) electrons. The van der Waals surface area contributed by atoms with E-state index in [9.17, 15) is 14.4 Å². The van der Waals surface area contributed by atoms with Gasteiger partial charge in [0.15, 0.2) is 12.4 Å². The molecular formula is C21H21NO4S. The van der Waals surface area contributed by atoms with Gasteiger partial charge in [-0.05, 0) is 49.2 Å². The summed E-state index contributed by atoms with van der Waals surface area (Å²) in [6.07, 6.45) is 1.42. The number of amides is 1. The number of anilines is 1. The topological polar surface area (TPSA) is 63.7 Å². The Morgan fingerprint density at radius 2 is 1.85 bits per heavy atom. The van der Waals surface area contributed by atoms with Crippen molar-refractivity contribution >= 4 is 35.1 Å². The first-order valence-electron chi connectivity index (χ1n) is 8.82. The van der Waals surface area contributed by atoms with Crippen LogP contribution in [0.3, 0.4) is 0 Å². The molecular weight excluding hydrogens is 362 g/mol. The SMILES string of the molecule is Cc1ccccc1SCC(=O)OCC(=O)c1ccc(N2CCCC2=O)cc1. The Morgan fingerprint density at radius 3 is 2.52 bits per heavy atom. The number of carbonyl (C=O) groups is 3. The van der Waals surface area contributed by atoms with Gasteiger partial charge in [0.2, 0.25) is 5.91 Å². The summed E-state index contributed by atoms with van der Waals surface area (Å²) in [5, 5.41) is 0. The normalized spacial score (nSPS) is 13.7. The van der Waals surface area contributed by atoms with Crippen LogP contribution in [0, 0.1) is 6.92 Å². The Bertz CT molecular complexity index is 848. The molecule has 1 heterocycles. The van der Waals surface area contributed by atoms with E-state index in [0.29, 0.717) is 18.5 Å². The molecule has 2 aromatic carbocycles. The number of aryl methyl sites for hydroxylation is 1. The molecule has 0 unspecified atom stereocenters. The van der Waals surface area contributed by atoms with Gasteiger partial charge in [-0.15, -0.1) is 11.8 Å². The van der Waals surface area contributed by atoms with Gasteiger partial charge in [0.1, 0.15) is 0 Å². The van der Waals surface area contributed by atoms with E-state index in [1.54, 1.807) is 29.2 Å². The lowest BCUT2D eigenvalue weighted by atomic mass is 10.1. The van der Waals surface area contributed by atoms with E-state index in [1.165, 1.54) is 11.8 Å². The van der Waals surface area contributed by atoms with Crippen LogP contribution in [0.4, 0.5) is 5.69 Å². The van der Waals surface area contributed by atoms with Gasteiger partial charge in [-0.1, -0.05) is 18.2 Å². The van der Waals surface area contributed by atoms with Gasteiger partial charge in [0.05, 0.1) is 5.75 Å². The molecule has 5 nitrogen and oxygen atoms in total. The van der Waals surface area contributed by atoms with Gasteiger partial charge in [0, 0.05) is 29.1 Å². The van der Waals surface area contributed by atoms with E-state index in [1.807, 2.05) is 31.2 Å². The Hall–Kier alpha value is -2.60. The van der Waals surface area contributed by atoms with Gasteiger partial charge < -0.3 is 9.64 Å². The fraction of sp³-hybridized carbons (Fsp3) is 0.286. The smallest absolute Gasteiger partial charge is 0.316 e. The maximum absolute atomic E-state index is 12.2. The predicted molar refractivity (Wildman–Crippen MR) is 105 cm³/mol. The Balaban J connectivity index is 1.48. The van der Waals surface area contributed by atoms with E-state index in [-0.39, 0.29) is 24.1 Å². The average molecular weight is 383 g/mol. The first-order valence-corrected chi connectivity index (χ1v) is 9.81. The molecule has 0 saturated carbocycles. The molecule has 0 aliphatic carbocycles. The van der Waals surface area contributed by atoms with Crippen LogP contribution >= 0.6 is 11.8 Å². The van der Waals surface area contributed by atoms with Gasteiger partial charge in [0.25, 0.3) is 0 Å². The number of benzene rings is 2. The molecule has 0 aromatic heterocycles. The van der Waals surface area contributed by atoms with Gasteiger partial charge in [-0.25, -0.2) is 0 Å². The summed E-state index contributed by atoms with van der Waals surface area (Å²) in [7, 11) is 0. The number of hydrogen-bond donors (Lipinski definition) is 0. The minimum absolute atomic E-state index is 0.106. The van der Waals surface area contributed by atoms with Crippen LogP contribution in [0.2, 0.25) is 0 Å². The molecule has 0 spiro atoms. The maximum Gasteiger partial charge on any atom is 0.316 e. The number of Topliss-reactive ketones (excluding diaryl/α,β-unsaturated/α-hetero) is 1. The molecule has 1 aliphatic rings. The van der Waals surface area contributed by atoms with Crippen LogP contribution < -0.4 is 4.90 Å². The average Bonchev–Trinajstić information content (AvgIpc) is 3.11. The Morgan fingerprint density at radius 1 is 1.11 bits per heavy atom. The van der Waals surface area contributed by atoms with Crippen LogP contribution in [0.5, 0.6) is 0 Å². The van der Waals surface area contributed by atoms with Crippen molar-refractivity contribution in [3.05, 3.63) is 59.7 Å². The van der Waals surface area contributed by atoms with Crippen molar-refractivity contribution in [3.63, 3.8) is 0 Å². The molecule has 2 aromatic rings. The molecule has 27 heavy (non-hydrogen) atoms. The molecule has 0 N–H and O–H groups in total. The number of nitrogens with zero attached hydrogens (tertiary/aromatic N) is 1. The quantitative estimate of drug-likeness (QED) is 0.415. The first-order chi connectivity index (χ1) is 13.0. The third kappa shape index (κ3) is 4.98. The molecule has 0 atom stereocenters. The third-order valence-electron chi connectivity index (χ3n) is 4.38. The highest BCUT2D eigenvalue weighted by atomic mass is 32.2. The highest BCUT2D eigenvalue weighted by Crippen LogP contribution is 2.23. The van der Waals surface area contributed by atoms with E-state index in [4.69, 9.17) is 4.74 Å². The number of ketones is 1. The van der Waals surface area contributed by atoms with Crippen LogP contribution in [0.1, 0.15) is 28.8 Å². The van der Waals surface area contributed by atoms with Crippen molar-refractivity contribution < 1.29 is 19.1 Å². The number of hydrogen-bond acceptors (Lipinski definition) is 5. The lowest BCUT2D eigenvalue weighted by molar-refractivity contribution is -0.139. The van der Waals surface area contributed by atoms with E-state index >= 15 is 0 Å². The van der Waals surface area contributed by atoms with E-state index in [0.717, 1.165) is 22.6 Å². The summed E-state index contributed by atoms with van der Waals surface area (Å²) in [6.45, 7) is 2.41. The highest BCUT2D eigenvalue weighted by Gasteiger charge is 2.21. The van der Waals surface area contributed by atoms with Gasteiger partial charge in [-0.2, -0.15) is 0 Å². The Labute approximate surface area is 162 Å². The zero-order valence-electron chi connectivity index (χ0n) is 15.1. The zero-order valence-corrected chi connectivity index (χ0v) is 16.0. The molecule has 1 amide bonds.